The molecule has 8 nitrogen and oxygen atoms in total. The van der Waals surface area contributed by atoms with Crippen LogP contribution in [0.5, 0.6) is 5.75 Å². The molecule has 2 aromatic carbocycles. The molecule has 3 N–H and O–H groups in total. The van der Waals surface area contributed by atoms with E-state index in [1.807, 2.05) is 13.8 Å². The maximum atomic E-state index is 14.0. The summed E-state index contributed by atoms with van der Waals surface area (Å²) in [6.07, 6.45) is 0.422. The zero-order chi connectivity index (χ0) is 28.7. The lowest BCUT2D eigenvalue weighted by atomic mass is 9.95. The van der Waals surface area contributed by atoms with E-state index in [0.717, 1.165) is 0 Å². The Morgan fingerprint density at radius 2 is 1.64 bits per heavy atom. The van der Waals surface area contributed by atoms with Gasteiger partial charge >= 0.3 is 0 Å². The molecule has 12 heteroatoms. The minimum Gasteiger partial charge on any atom is -0.479 e. The van der Waals surface area contributed by atoms with Crippen molar-refractivity contribution >= 4 is 23.5 Å². The van der Waals surface area contributed by atoms with E-state index >= 15 is 0 Å². The van der Waals surface area contributed by atoms with Gasteiger partial charge in [0, 0.05) is 24.1 Å². The van der Waals surface area contributed by atoms with Crippen molar-refractivity contribution in [2.24, 2.45) is 11.8 Å². The predicted octanol–water partition coefficient (Wildman–Crippen LogP) is 3.05. The van der Waals surface area contributed by atoms with Crippen LogP contribution >= 0.6 is 0 Å². The normalized spacial score (nSPS) is 16.4. The zero-order valence-electron chi connectivity index (χ0n) is 21.4. The van der Waals surface area contributed by atoms with E-state index in [9.17, 15) is 36.7 Å². The Balaban J connectivity index is 1.78. The van der Waals surface area contributed by atoms with Gasteiger partial charge in [-0.05, 0) is 37.3 Å². The fourth-order valence-corrected chi connectivity index (χ4v) is 4.15. The molecule has 1 saturated heterocycles. The van der Waals surface area contributed by atoms with Crippen LogP contribution in [0.2, 0.25) is 0 Å². The van der Waals surface area contributed by atoms with Gasteiger partial charge in [0.2, 0.25) is 23.4 Å². The van der Waals surface area contributed by atoms with Gasteiger partial charge in [0.15, 0.2) is 23.2 Å². The first kappa shape index (κ1) is 29.6. The van der Waals surface area contributed by atoms with E-state index in [1.165, 1.54) is 0 Å². The molecule has 39 heavy (non-hydrogen) atoms. The van der Waals surface area contributed by atoms with Crippen LogP contribution in [-0.2, 0) is 14.4 Å². The van der Waals surface area contributed by atoms with E-state index in [4.69, 9.17) is 4.74 Å². The Hall–Kier alpha value is -3.96. The maximum absolute atomic E-state index is 14.0. The fourth-order valence-electron chi connectivity index (χ4n) is 4.15. The number of hydrogen-bond donors (Lipinski definition) is 3. The number of carbonyl (C=O) groups is 4. The van der Waals surface area contributed by atoms with Gasteiger partial charge in [-0.2, -0.15) is 8.78 Å². The maximum Gasteiger partial charge on any atom is 0.251 e. The molecular weight excluding hydrogens is 522 g/mol. The highest BCUT2D eigenvalue weighted by Gasteiger charge is 2.34. The number of halogens is 4. The summed E-state index contributed by atoms with van der Waals surface area (Å²) in [6.45, 7) is 2.96. The average Bonchev–Trinajstić information content (AvgIpc) is 3.30. The Morgan fingerprint density at radius 3 is 2.21 bits per heavy atom. The molecule has 1 fully saturated rings. The standard InChI is InChI=1S/C27H29F4N3O5/c1-14(2)10-20(34-26(37)15-6-4-3-5-7-15)27(38)33-19(11-16-8-9-32-25(16)36)21(35)13-39-24-22(30)17(28)12-18(29)23(24)31/h3-7,12,14,16,19-20H,8-11,13H2,1-2H3,(H,32,36)(H,33,38)(H,34,37)/t16-,19?,20?/m0/s1. The molecule has 0 radical (unpaired) electrons. The van der Waals surface area contributed by atoms with Crippen LogP contribution in [-0.4, -0.2) is 48.7 Å². The van der Waals surface area contributed by atoms with E-state index in [-0.39, 0.29) is 30.7 Å². The summed E-state index contributed by atoms with van der Waals surface area (Å²) in [5.41, 5.74) is 0.314. The van der Waals surface area contributed by atoms with Crippen LogP contribution in [0.15, 0.2) is 36.4 Å². The summed E-state index contributed by atoms with van der Waals surface area (Å²) < 4.78 is 59.8. The first-order chi connectivity index (χ1) is 18.5. The largest absolute Gasteiger partial charge is 0.479 e. The van der Waals surface area contributed by atoms with Crippen molar-refractivity contribution in [2.75, 3.05) is 13.2 Å². The molecule has 0 aliphatic carbocycles. The lowest BCUT2D eigenvalue weighted by Crippen LogP contribution is -2.53. The Kier molecular flexibility index (Phi) is 10.0. The van der Waals surface area contributed by atoms with Gasteiger partial charge < -0.3 is 20.7 Å². The minimum absolute atomic E-state index is 0.000316. The molecule has 210 valence electrons. The second kappa shape index (κ2) is 13.2. The number of benzene rings is 2. The van der Waals surface area contributed by atoms with Gasteiger partial charge in [-0.25, -0.2) is 8.78 Å². The Morgan fingerprint density at radius 1 is 1.00 bits per heavy atom. The van der Waals surface area contributed by atoms with Crippen molar-refractivity contribution in [2.45, 2.75) is 45.2 Å². The summed E-state index contributed by atoms with van der Waals surface area (Å²) in [6, 6.07) is 5.75. The van der Waals surface area contributed by atoms with Crippen LogP contribution in [0.3, 0.4) is 0 Å². The van der Waals surface area contributed by atoms with Crippen molar-refractivity contribution in [1.82, 2.24) is 16.0 Å². The van der Waals surface area contributed by atoms with Crippen molar-refractivity contribution in [3.05, 3.63) is 65.2 Å². The highest BCUT2D eigenvalue weighted by Crippen LogP contribution is 2.27. The summed E-state index contributed by atoms with van der Waals surface area (Å²) >= 11 is 0. The van der Waals surface area contributed by atoms with Crippen LogP contribution in [0, 0.1) is 35.1 Å². The molecule has 1 aliphatic heterocycles. The summed E-state index contributed by atoms with van der Waals surface area (Å²) in [7, 11) is 0. The van der Waals surface area contributed by atoms with Crippen LogP contribution < -0.4 is 20.7 Å². The molecule has 0 spiro atoms. The van der Waals surface area contributed by atoms with E-state index in [1.54, 1.807) is 30.3 Å². The average molecular weight is 552 g/mol. The molecule has 1 aliphatic rings. The first-order valence-electron chi connectivity index (χ1n) is 12.4. The lowest BCUT2D eigenvalue weighted by Gasteiger charge is -2.25. The quantitative estimate of drug-likeness (QED) is 0.277. The molecule has 0 bridgehead atoms. The molecule has 2 unspecified atom stereocenters. The van der Waals surface area contributed by atoms with Gasteiger partial charge in [0.25, 0.3) is 5.91 Å². The summed E-state index contributed by atoms with van der Waals surface area (Å²) in [5, 5.41) is 7.77. The van der Waals surface area contributed by atoms with E-state index in [2.05, 4.69) is 16.0 Å². The number of rotatable bonds is 12. The summed E-state index contributed by atoms with van der Waals surface area (Å²) in [5.74, 6) is -11.7. The number of nitrogens with one attached hydrogen (secondary N) is 3. The number of hydrogen-bond acceptors (Lipinski definition) is 5. The third-order valence-corrected chi connectivity index (χ3v) is 6.18. The van der Waals surface area contributed by atoms with Crippen molar-refractivity contribution in [3.63, 3.8) is 0 Å². The van der Waals surface area contributed by atoms with Gasteiger partial charge in [-0.3, -0.25) is 19.2 Å². The predicted molar refractivity (Wildman–Crippen MR) is 132 cm³/mol. The van der Waals surface area contributed by atoms with E-state index in [0.29, 0.717) is 18.5 Å². The van der Waals surface area contributed by atoms with Crippen molar-refractivity contribution in [1.29, 1.82) is 0 Å². The molecule has 1 heterocycles. The number of amides is 3. The van der Waals surface area contributed by atoms with Crippen LogP contribution in [0.25, 0.3) is 0 Å². The Labute approximate surface area is 222 Å². The highest BCUT2D eigenvalue weighted by atomic mass is 19.2. The van der Waals surface area contributed by atoms with Crippen molar-refractivity contribution in [3.8, 4) is 5.75 Å². The monoisotopic (exact) mass is 551 g/mol. The summed E-state index contributed by atoms with van der Waals surface area (Å²) in [4.78, 5) is 51.1. The molecule has 0 aromatic heterocycles. The fraction of sp³-hybridized carbons (Fsp3) is 0.407. The molecular formula is C27H29F4N3O5. The molecule has 0 saturated carbocycles. The van der Waals surface area contributed by atoms with Gasteiger partial charge in [0.1, 0.15) is 12.6 Å². The zero-order valence-corrected chi connectivity index (χ0v) is 21.4. The van der Waals surface area contributed by atoms with Crippen LogP contribution in [0.4, 0.5) is 17.6 Å². The number of ether oxygens (including phenoxy) is 1. The number of ketones is 1. The minimum atomic E-state index is -1.82. The second-order valence-electron chi connectivity index (χ2n) is 9.65. The highest BCUT2D eigenvalue weighted by molar-refractivity contribution is 5.98. The third kappa shape index (κ3) is 7.78. The number of carbonyl (C=O) groups excluding carboxylic acids is 4. The van der Waals surface area contributed by atoms with Gasteiger partial charge in [-0.15, -0.1) is 0 Å². The van der Waals surface area contributed by atoms with Crippen LogP contribution in [0.1, 0.15) is 43.5 Å². The molecule has 3 amide bonds. The third-order valence-electron chi connectivity index (χ3n) is 6.18. The molecule has 2 aromatic rings. The Bertz CT molecular complexity index is 1200. The SMILES string of the molecule is CC(C)CC(NC(=O)c1ccccc1)C(=O)NC(C[C@@H]1CCNC1=O)C(=O)COc1c(F)c(F)cc(F)c1F. The van der Waals surface area contributed by atoms with Gasteiger partial charge in [0.05, 0.1) is 6.04 Å². The second-order valence-corrected chi connectivity index (χ2v) is 9.65. The van der Waals surface area contributed by atoms with Gasteiger partial charge in [-0.1, -0.05) is 32.0 Å². The molecule has 3 rings (SSSR count). The van der Waals surface area contributed by atoms with E-state index < -0.39 is 71.2 Å². The smallest absolute Gasteiger partial charge is 0.251 e. The molecule has 3 atom stereocenters. The number of Topliss-reactive ketones (excluding diaryl/α,β-unsaturated/α-hetero) is 1. The first-order valence-corrected chi connectivity index (χ1v) is 12.4. The van der Waals surface area contributed by atoms with Crippen molar-refractivity contribution < 1.29 is 41.5 Å². The lowest BCUT2D eigenvalue weighted by molar-refractivity contribution is -0.131. The topological polar surface area (TPSA) is 114 Å².